The number of hydrogen-bond donors (Lipinski definition) is 7. The molecular weight excluding hydrogens is 654 g/mol. The molecule has 0 aliphatic carbocycles. The summed E-state index contributed by atoms with van der Waals surface area (Å²) in [6, 6.07) is 16.8. The average Bonchev–Trinajstić information content (AvgIpc) is 3.10. The van der Waals surface area contributed by atoms with Crippen LogP contribution < -0.4 is 35.6 Å². The number of hydrogen-bond acceptors (Lipinski definition) is 10. The normalized spacial score (nSPS) is 10.3. The molecule has 5 amide bonds. The van der Waals surface area contributed by atoms with Gasteiger partial charge in [-0.1, -0.05) is 0 Å². The van der Waals surface area contributed by atoms with Crippen LogP contribution in [0.1, 0.15) is 41.4 Å². The van der Waals surface area contributed by atoms with Gasteiger partial charge >= 0.3 is 5.97 Å². The fourth-order valence-electron chi connectivity index (χ4n) is 4.64. The smallest absolute Gasteiger partial charge is 0.339 e. The summed E-state index contributed by atoms with van der Waals surface area (Å²) in [4.78, 5) is 74.4. The van der Waals surface area contributed by atoms with Crippen LogP contribution in [0.2, 0.25) is 0 Å². The highest BCUT2D eigenvalue weighted by molar-refractivity contribution is 6.10. The molecule has 4 rings (SSSR count). The summed E-state index contributed by atoms with van der Waals surface area (Å²) in [5.41, 5.74) is 0.629. The number of carbonyl (C=O) groups excluding carboxylic acids is 5. The summed E-state index contributed by atoms with van der Waals surface area (Å²) in [6.45, 7) is -0.309. The number of phenolic OH excluding ortho intramolecular Hbond substituents is 1. The number of nitrogens with zero attached hydrogens (tertiary/aromatic N) is 1. The lowest BCUT2D eigenvalue weighted by atomic mass is 10.1. The number of anilines is 4. The van der Waals surface area contributed by atoms with Gasteiger partial charge in [-0.3, -0.25) is 24.0 Å². The lowest BCUT2D eigenvalue weighted by molar-refractivity contribution is -0.117. The van der Waals surface area contributed by atoms with Crippen molar-refractivity contribution in [2.75, 3.05) is 48.7 Å². The third-order valence-corrected chi connectivity index (χ3v) is 7.31. The number of amides is 5. The largest absolute Gasteiger partial charge is 0.504 e. The van der Waals surface area contributed by atoms with Gasteiger partial charge in [0, 0.05) is 29.5 Å². The Labute approximate surface area is 284 Å². The number of rotatable bonds is 13. The Hall–Kier alpha value is -7.10. The summed E-state index contributed by atoms with van der Waals surface area (Å²) in [5, 5.41) is 40.3. The standard InChI is InChI=1S/C34H31N5O11/c1-39(26(41)16-35-31(44)18-4-8-20(9-5-18)36-17-40)21-10-6-19(7-11-21)32(45)37-24-14-12-22(27(42)29(24)49-2)33(46)38-25-15-13-23(34(47)48)28(43)30(25)50-3/h4-15,17,42-43H,16H2,1-3H3,(H,35,44)(H,36,40)(H,37,45)(H,38,46)(H,47,48). The maximum Gasteiger partial charge on any atom is 0.339 e. The highest BCUT2D eigenvalue weighted by Gasteiger charge is 2.24. The van der Waals surface area contributed by atoms with E-state index in [4.69, 9.17) is 9.47 Å². The number of carboxylic acids is 1. The molecule has 16 heteroatoms. The van der Waals surface area contributed by atoms with E-state index >= 15 is 0 Å². The zero-order valence-electron chi connectivity index (χ0n) is 26.8. The van der Waals surface area contributed by atoms with Crippen molar-refractivity contribution in [3.63, 3.8) is 0 Å². The number of carbonyl (C=O) groups is 6. The molecule has 0 aromatic heterocycles. The molecule has 0 spiro atoms. The molecule has 0 bridgehead atoms. The van der Waals surface area contributed by atoms with Gasteiger partial charge in [0.25, 0.3) is 17.7 Å². The Kier molecular flexibility index (Phi) is 11.2. The summed E-state index contributed by atoms with van der Waals surface area (Å²) in [5.74, 6) is -5.69. The number of benzene rings is 4. The van der Waals surface area contributed by atoms with Crippen LogP contribution in [0, 0.1) is 0 Å². The summed E-state index contributed by atoms with van der Waals surface area (Å²) in [7, 11) is 3.88. The molecule has 0 fully saturated rings. The van der Waals surface area contributed by atoms with Gasteiger partial charge in [0.15, 0.2) is 23.0 Å². The van der Waals surface area contributed by atoms with Gasteiger partial charge in [-0.15, -0.1) is 0 Å². The SMILES string of the molecule is COc1c(NC(=O)c2ccc(NC(=O)c3ccc(N(C)C(=O)CNC(=O)c4ccc(NC=O)cc4)cc3)c(OC)c2O)ccc(C(=O)O)c1O. The highest BCUT2D eigenvalue weighted by atomic mass is 16.5. The van der Waals surface area contributed by atoms with E-state index in [1.165, 1.54) is 80.8 Å². The molecule has 0 atom stereocenters. The van der Waals surface area contributed by atoms with Crippen molar-refractivity contribution in [3.8, 4) is 23.0 Å². The minimum atomic E-state index is -1.41. The van der Waals surface area contributed by atoms with Gasteiger partial charge in [0.1, 0.15) is 5.56 Å². The fourth-order valence-corrected chi connectivity index (χ4v) is 4.64. The topological polar surface area (TPSA) is 233 Å². The van der Waals surface area contributed by atoms with Gasteiger partial charge in [-0.2, -0.15) is 0 Å². The van der Waals surface area contributed by atoms with Crippen LogP contribution in [-0.4, -0.2) is 79.1 Å². The third kappa shape index (κ3) is 7.88. The molecule has 4 aromatic carbocycles. The van der Waals surface area contributed by atoms with Crippen LogP contribution in [0.15, 0.2) is 72.8 Å². The van der Waals surface area contributed by atoms with Gasteiger partial charge in [-0.05, 0) is 72.8 Å². The predicted molar refractivity (Wildman–Crippen MR) is 180 cm³/mol. The maximum absolute atomic E-state index is 13.1. The van der Waals surface area contributed by atoms with Crippen LogP contribution in [0.3, 0.4) is 0 Å². The van der Waals surface area contributed by atoms with Crippen molar-refractivity contribution in [2.24, 2.45) is 0 Å². The van der Waals surface area contributed by atoms with Crippen molar-refractivity contribution in [3.05, 3.63) is 95.1 Å². The van der Waals surface area contributed by atoms with E-state index in [-0.39, 0.29) is 40.5 Å². The highest BCUT2D eigenvalue weighted by Crippen LogP contribution is 2.40. The molecule has 0 saturated carbocycles. The average molecular weight is 686 g/mol. The van der Waals surface area contributed by atoms with Crippen molar-refractivity contribution in [1.29, 1.82) is 0 Å². The molecule has 258 valence electrons. The van der Waals surface area contributed by atoms with Gasteiger partial charge in [0.2, 0.25) is 12.3 Å². The van der Waals surface area contributed by atoms with Gasteiger partial charge < -0.3 is 51.0 Å². The second kappa shape index (κ2) is 15.7. The van der Waals surface area contributed by atoms with Crippen molar-refractivity contribution in [1.82, 2.24) is 5.32 Å². The lowest BCUT2D eigenvalue weighted by Gasteiger charge is -2.18. The van der Waals surface area contributed by atoms with Crippen LogP contribution >= 0.6 is 0 Å². The summed E-state index contributed by atoms with van der Waals surface area (Å²) in [6.07, 6.45) is 0.512. The molecule has 0 saturated heterocycles. The molecule has 7 N–H and O–H groups in total. The van der Waals surface area contributed by atoms with Crippen molar-refractivity contribution < 1.29 is 53.6 Å². The van der Waals surface area contributed by atoms with Crippen LogP contribution in [0.25, 0.3) is 0 Å². The first-order chi connectivity index (χ1) is 23.9. The number of nitrogens with one attached hydrogen (secondary N) is 4. The Balaban J connectivity index is 1.40. The Morgan fingerprint density at radius 3 is 1.74 bits per heavy atom. The lowest BCUT2D eigenvalue weighted by Crippen LogP contribution is -2.38. The van der Waals surface area contributed by atoms with Crippen LogP contribution in [0.5, 0.6) is 23.0 Å². The first-order valence-corrected chi connectivity index (χ1v) is 14.5. The second-order valence-corrected chi connectivity index (χ2v) is 10.3. The first-order valence-electron chi connectivity index (χ1n) is 14.5. The van der Waals surface area contributed by atoms with E-state index in [1.807, 2.05) is 0 Å². The predicted octanol–water partition coefficient (Wildman–Crippen LogP) is 3.28. The number of carboxylic acid groups (broad SMARTS) is 1. The van der Waals surface area contributed by atoms with E-state index in [2.05, 4.69) is 21.3 Å². The minimum Gasteiger partial charge on any atom is -0.504 e. The van der Waals surface area contributed by atoms with Crippen molar-refractivity contribution >= 4 is 58.8 Å². The zero-order chi connectivity index (χ0) is 36.5. The summed E-state index contributed by atoms with van der Waals surface area (Å²) < 4.78 is 10.3. The third-order valence-electron chi connectivity index (χ3n) is 7.31. The molecule has 50 heavy (non-hydrogen) atoms. The second-order valence-electron chi connectivity index (χ2n) is 10.3. The number of aromatic hydroxyl groups is 2. The molecule has 0 heterocycles. The summed E-state index contributed by atoms with van der Waals surface area (Å²) >= 11 is 0. The molecule has 4 aromatic rings. The number of ether oxygens (including phenoxy) is 2. The Bertz CT molecular complexity index is 1960. The fraction of sp³-hybridized carbons (Fsp3) is 0.118. The Morgan fingerprint density at radius 1 is 0.700 bits per heavy atom. The van der Waals surface area contributed by atoms with Crippen LogP contribution in [0.4, 0.5) is 22.7 Å². The molecule has 0 radical (unpaired) electrons. The van der Waals surface area contributed by atoms with E-state index in [0.29, 0.717) is 23.3 Å². The number of phenols is 2. The van der Waals surface area contributed by atoms with Crippen LogP contribution in [-0.2, 0) is 9.59 Å². The first kappa shape index (κ1) is 35.7. The van der Waals surface area contributed by atoms with Gasteiger partial charge in [0.05, 0.1) is 37.7 Å². The van der Waals surface area contributed by atoms with E-state index in [0.717, 1.165) is 6.07 Å². The minimum absolute atomic E-state index is 0.0225. The molecule has 16 nitrogen and oxygen atoms in total. The van der Waals surface area contributed by atoms with Gasteiger partial charge in [-0.25, -0.2) is 4.79 Å². The number of aromatic carboxylic acids is 1. The number of likely N-dealkylation sites (N-methyl/N-ethyl adjacent to an activating group) is 1. The van der Waals surface area contributed by atoms with E-state index in [1.54, 1.807) is 12.1 Å². The van der Waals surface area contributed by atoms with Crippen molar-refractivity contribution in [2.45, 2.75) is 0 Å². The number of methoxy groups -OCH3 is 2. The Morgan fingerprint density at radius 2 is 1.20 bits per heavy atom. The maximum atomic E-state index is 13.1. The zero-order valence-corrected chi connectivity index (χ0v) is 26.8. The van der Waals surface area contributed by atoms with E-state index < -0.39 is 46.7 Å². The quantitative estimate of drug-likeness (QED) is 0.101. The molecular formula is C34H31N5O11. The molecule has 0 aliphatic rings. The molecule has 0 unspecified atom stereocenters. The molecule has 0 aliphatic heterocycles. The van der Waals surface area contributed by atoms with E-state index in [9.17, 15) is 44.1 Å². The monoisotopic (exact) mass is 685 g/mol.